The Kier molecular flexibility index (Phi) is 9.16. The largest absolute Gasteiger partial charge is 0.494 e. The smallest absolute Gasteiger partial charge is 0.343 e. The number of methoxy groups -OCH3 is 1. The van der Waals surface area contributed by atoms with Crippen molar-refractivity contribution in [2.75, 3.05) is 19.0 Å². The van der Waals surface area contributed by atoms with Gasteiger partial charge >= 0.3 is 17.8 Å². The van der Waals surface area contributed by atoms with Gasteiger partial charge in [-0.2, -0.15) is 5.10 Å². The second-order valence-corrected chi connectivity index (χ2v) is 7.70. The van der Waals surface area contributed by atoms with Crippen molar-refractivity contribution in [2.24, 2.45) is 5.10 Å². The third kappa shape index (κ3) is 7.42. The van der Waals surface area contributed by atoms with Crippen LogP contribution in [0.5, 0.6) is 17.2 Å². The van der Waals surface area contributed by atoms with Gasteiger partial charge in [-0.05, 0) is 79.1 Å². The summed E-state index contributed by atoms with van der Waals surface area (Å²) in [5, 5.41) is 6.30. The second-order valence-electron chi connectivity index (χ2n) is 7.70. The molecule has 0 atom stereocenters. The monoisotopic (exact) mass is 489 g/mol. The Labute approximate surface area is 209 Å². The number of anilines is 1. The van der Waals surface area contributed by atoms with Crippen molar-refractivity contribution in [1.82, 2.24) is 5.43 Å². The van der Waals surface area contributed by atoms with E-state index in [4.69, 9.17) is 14.2 Å². The van der Waals surface area contributed by atoms with Crippen LogP contribution in [0.3, 0.4) is 0 Å². The number of hydrazone groups is 1. The molecule has 2 N–H and O–H groups in total. The lowest BCUT2D eigenvalue weighted by Crippen LogP contribution is -2.32. The molecule has 0 aliphatic rings. The molecule has 0 bridgehead atoms. The number of hydrogen-bond acceptors (Lipinski definition) is 7. The van der Waals surface area contributed by atoms with Crippen LogP contribution in [0.2, 0.25) is 0 Å². The highest BCUT2D eigenvalue weighted by atomic mass is 16.6. The van der Waals surface area contributed by atoms with Crippen LogP contribution in [-0.2, 0) is 9.59 Å². The second kappa shape index (κ2) is 12.7. The number of carbonyl (C=O) groups excluding carboxylic acids is 3. The SMILES string of the molecule is CCCOc1ccc(C(=O)Oc2ccc(/C=N\NC(=O)C(=O)Nc3cccc(C)c3)cc2OC)cc1. The molecule has 0 heterocycles. The summed E-state index contributed by atoms with van der Waals surface area (Å²) in [6.45, 7) is 4.49. The summed E-state index contributed by atoms with van der Waals surface area (Å²) in [7, 11) is 1.44. The van der Waals surface area contributed by atoms with E-state index in [2.05, 4.69) is 15.8 Å². The van der Waals surface area contributed by atoms with Crippen LogP contribution in [0, 0.1) is 6.92 Å². The van der Waals surface area contributed by atoms with Gasteiger partial charge < -0.3 is 19.5 Å². The number of nitrogens with one attached hydrogen (secondary N) is 2. The molecule has 3 aromatic carbocycles. The van der Waals surface area contributed by atoms with Crippen LogP contribution >= 0.6 is 0 Å². The molecule has 3 aromatic rings. The summed E-state index contributed by atoms with van der Waals surface area (Å²) < 4.78 is 16.3. The van der Waals surface area contributed by atoms with Gasteiger partial charge in [0.15, 0.2) is 11.5 Å². The predicted molar refractivity (Wildman–Crippen MR) is 136 cm³/mol. The molecule has 0 aliphatic carbocycles. The Bertz CT molecular complexity index is 1250. The number of aryl methyl sites for hydroxylation is 1. The first-order valence-electron chi connectivity index (χ1n) is 11.2. The van der Waals surface area contributed by atoms with Crippen molar-refractivity contribution in [3.8, 4) is 17.2 Å². The first kappa shape index (κ1) is 26.0. The van der Waals surface area contributed by atoms with E-state index in [9.17, 15) is 14.4 Å². The minimum absolute atomic E-state index is 0.215. The minimum Gasteiger partial charge on any atom is -0.494 e. The maximum absolute atomic E-state index is 12.5. The number of nitrogens with zero attached hydrogens (tertiary/aromatic N) is 1. The van der Waals surface area contributed by atoms with Crippen molar-refractivity contribution >= 4 is 29.7 Å². The molecule has 0 spiro atoms. The zero-order chi connectivity index (χ0) is 25.9. The average Bonchev–Trinajstić information content (AvgIpc) is 2.88. The molecule has 0 unspecified atom stereocenters. The van der Waals surface area contributed by atoms with E-state index < -0.39 is 17.8 Å². The van der Waals surface area contributed by atoms with Gasteiger partial charge in [0.05, 0.1) is 25.5 Å². The van der Waals surface area contributed by atoms with Crippen LogP contribution in [0.1, 0.15) is 34.8 Å². The van der Waals surface area contributed by atoms with Crippen LogP contribution in [-0.4, -0.2) is 37.7 Å². The number of rotatable bonds is 9. The average molecular weight is 490 g/mol. The van der Waals surface area contributed by atoms with Crippen molar-refractivity contribution in [3.05, 3.63) is 83.4 Å². The van der Waals surface area contributed by atoms with E-state index in [1.165, 1.54) is 13.3 Å². The Morgan fingerprint density at radius 1 is 0.944 bits per heavy atom. The molecule has 36 heavy (non-hydrogen) atoms. The molecular formula is C27H27N3O6. The summed E-state index contributed by atoms with van der Waals surface area (Å²) in [5.74, 6) is -1.14. The maximum Gasteiger partial charge on any atom is 0.343 e. The maximum atomic E-state index is 12.5. The Morgan fingerprint density at radius 2 is 1.72 bits per heavy atom. The molecule has 0 aromatic heterocycles. The molecule has 9 nitrogen and oxygen atoms in total. The highest BCUT2D eigenvalue weighted by Gasteiger charge is 2.14. The number of carbonyl (C=O) groups is 3. The summed E-state index contributed by atoms with van der Waals surface area (Å²) in [5.41, 5.74) is 4.53. The first-order chi connectivity index (χ1) is 17.4. The molecule has 0 aliphatic heterocycles. The molecule has 3 rings (SSSR count). The normalized spacial score (nSPS) is 10.5. The standard InChI is InChI=1S/C27H27N3O6/c1-4-14-35-22-11-9-20(10-12-22)27(33)36-23-13-8-19(16-24(23)34-3)17-28-30-26(32)25(31)29-21-7-5-6-18(2)15-21/h5-13,15-17H,4,14H2,1-3H3,(H,29,31)(H,30,32)/b28-17-. The van der Waals surface area contributed by atoms with Gasteiger partial charge in [-0.15, -0.1) is 0 Å². The summed E-state index contributed by atoms with van der Waals surface area (Å²) in [6.07, 6.45) is 2.22. The van der Waals surface area contributed by atoms with Crippen molar-refractivity contribution in [3.63, 3.8) is 0 Å². The third-order valence-corrected chi connectivity index (χ3v) is 4.82. The van der Waals surface area contributed by atoms with Gasteiger partial charge in [-0.3, -0.25) is 9.59 Å². The van der Waals surface area contributed by atoms with Crippen molar-refractivity contribution in [1.29, 1.82) is 0 Å². The molecule has 186 valence electrons. The van der Waals surface area contributed by atoms with Gasteiger partial charge in [0, 0.05) is 5.69 Å². The fourth-order valence-corrected chi connectivity index (χ4v) is 3.04. The van der Waals surface area contributed by atoms with Crippen molar-refractivity contribution in [2.45, 2.75) is 20.3 Å². The molecule has 0 saturated carbocycles. The van der Waals surface area contributed by atoms with E-state index in [1.807, 2.05) is 19.9 Å². The number of esters is 1. The predicted octanol–water partition coefficient (Wildman–Crippen LogP) is 4.10. The molecular weight excluding hydrogens is 462 g/mol. The zero-order valence-electron chi connectivity index (χ0n) is 20.2. The molecule has 2 amide bonds. The van der Waals surface area contributed by atoms with Crippen LogP contribution in [0.15, 0.2) is 71.8 Å². The van der Waals surface area contributed by atoms with Gasteiger partial charge in [-0.1, -0.05) is 19.1 Å². The number of amides is 2. The molecule has 9 heteroatoms. The quantitative estimate of drug-likeness (QED) is 0.154. The first-order valence-corrected chi connectivity index (χ1v) is 11.2. The lowest BCUT2D eigenvalue weighted by atomic mass is 10.2. The summed E-state index contributed by atoms with van der Waals surface area (Å²) >= 11 is 0. The summed E-state index contributed by atoms with van der Waals surface area (Å²) in [6, 6.07) is 18.5. The minimum atomic E-state index is -0.920. The van der Waals surface area contributed by atoms with Crippen molar-refractivity contribution < 1.29 is 28.6 Å². The fourth-order valence-electron chi connectivity index (χ4n) is 3.04. The van der Waals surface area contributed by atoms with Crippen LogP contribution in [0.25, 0.3) is 0 Å². The lowest BCUT2D eigenvalue weighted by molar-refractivity contribution is -0.136. The topological polar surface area (TPSA) is 115 Å². The van der Waals surface area contributed by atoms with E-state index in [0.29, 0.717) is 34.9 Å². The van der Waals surface area contributed by atoms with E-state index in [1.54, 1.807) is 60.7 Å². The number of ether oxygens (including phenoxy) is 3. The lowest BCUT2D eigenvalue weighted by Gasteiger charge is -2.10. The van der Waals surface area contributed by atoms with Gasteiger partial charge in [0.2, 0.25) is 0 Å². The highest BCUT2D eigenvalue weighted by molar-refractivity contribution is 6.39. The Hall–Kier alpha value is -4.66. The van der Waals surface area contributed by atoms with Gasteiger partial charge in [0.25, 0.3) is 0 Å². The number of benzene rings is 3. The highest BCUT2D eigenvalue weighted by Crippen LogP contribution is 2.28. The zero-order valence-corrected chi connectivity index (χ0v) is 20.2. The Morgan fingerprint density at radius 3 is 2.42 bits per heavy atom. The third-order valence-electron chi connectivity index (χ3n) is 4.82. The number of hydrogen-bond donors (Lipinski definition) is 2. The summed E-state index contributed by atoms with van der Waals surface area (Å²) in [4.78, 5) is 36.5. The Balaban J connectivity index is 1.58. The molecule has 0 fully saturated rings. The van der Waals surface area contributed by atoms with Crippen LogP contribution < -0.4 is 25.0 Å². The van der Waals surface area contributed by atoms with Gasteiger partial charge in [0.1, 0.15) is 5.75 Å². The molecule has 0 radical (unpaired) electrons. The fraction of sp³-hybridized carbons (Fsp3) is 0.185. The van der Waals surface area contributed by atoms with E-state index in [0.717, 1.165) is 12.0 Å². The van der Waals surface area contributed by atoms with Gasteiger partial charge in [-0.25, -0.2) is 10.2 Å². The van der Waals surface area contributed by atoms with E-state index in [-0.39, 0.29) is 5.75 Å². The molecule has 0 saturated heterocycles. The van der Waals surface area contributed by atoms with Crippen LogP contribution in [0.4, 0.5) is 5.69 Å². The van der Waals surface area contributed by atoms with E-state index >= 15 is 0 Å².